The molecule has 3 aliphatic rings. The largest absolute Gasteiger partial charge is 0.389 e. The van der Waals surface area contributed by atoms with Gasteiger partial charge >= 0.3 is 0 Å². The van der Waals surface area contributed by atoms with Gasteiger partial charge in [-0.15, -0.1) is 0 Å². The quantitative estimate of drug-likeness (QED) is 0.208. The number of aliphatic hydroxyl groups is 1. The lowest BCUT2D eigenvalue weighted by Gasteiger charge is -2.58. The summed E-state index contributed by atoms with van der Waals surface area (Å²) in [5, 5.41) is 12.7. The van der Waals surface area contributed by atoms with E-state index in [1.54, 1.807) is 0 Å². The maximum absolute atomic E-state index is 14.4. The fraction of sp³-hybridized carbons (Fsp3) is 0.778. The lowest BCUT2D eigenvalue weighted by molar-refractivity contribution is -0.229. The Morgan fingerprint density at radius 3 is 2.15 bits per heavy atom. The number of hydrogen-bond acceptors (Lipinski definition) is 8. The van der Waals surface area contributed by atoms with Crippen molar-refractivity contribution >= 4 is 31.8 Å². The van der Waals surface area contributed by atoms with E-state index in [4.69, 9.17) is 4.74 Å². The molecule has 272 valence electrons. The van der Waals surface area contributed by atoms with E-state index in [0.29, 0.717) is 32.1 Å². The van der Waals surface area contributed by atoms with E-state index < -0.39 is 58.3 Å². The van der Waals surface area contributed by atoms with Crippen LogP contribution in [0, 0.1) is 28.1 Å². The predicted molar refractivity (Wildman–Crippen MR) is 182 cm³/mol. The van der Waals surface area contributed by atoms with E-state index in [-0.39, 0.29) is 47.1 Å². The molecule has 2 aliphatic carbocycles. The Labute approximate surface area is 287 Å². The van der Waals surface area contributed by atoms with E-state index >= 15 is 0 Å². The summed E-state index contributed by atoms with van der Waals surface area (Å²) in [5.74, 6) is -0.617. The summed E-state index contributed by atoms with van der Waals surface area (Å²) in [7, 11) is -9.54. The van der Waals surface area contributed by atoms with Crippen molar-refractivity contribution in [1.29, 1.82) is 0 Å². The second-order valence-electron chi connectivity index (χ2n) is 16.6. The molecule has 0 spiro atoms. The molecule has 4 rings (SSSR count). The molecule has 7 atom stereocenters. The van der Waals surface area contributed by atoms with E-state index in [1.165, 1.54) is 6.92 Å². The number of ketones is 2. The maximum Gasteiger partial charge on any atom is 0.294 e. The van der Waals surface area contributed by atoms with Crippen molar-refractivity contribution in [2.24, 2.45) is 28.1 Å². The molecule has 12 heteroatoms. The number of hydrogen-bond donors (Lipinski definition) is 3. The third kappa shape index (κ3) is 7.64. The van der Waals surface area contributed by atoms with Gasteiger partial charge in [0.25, 0.3) is 20.2 Å². The Morgan fingerprint density at radius 2 is 1.54 bits per heavy atom. The van der Waals surface area contributed by atoms with Gasteiger partial charge in [-0.25, -0.2) is 0 Å². The Hall–Kier alpha value is -1.70. The van der Waals surface area contributed by atoms with Crippen LogP contribution in [0.2, 0.25) is 0 Å². The van der Waals surface area contributed by atoms with E-state index in [2.05, 4.69) is 34.6 Å². The van der Waals surface area contributed by atoms with Gasteiger partial charge in [0.1, 0.15) is 11.6 Å². The fourth-order valence-corrected chi connectivity index (χ4v) is 11.0. The van der Waals surface area contributed by atoms with Crippen LogP contribution < -0.4 is 0 Å². The zero-order valence-electron chi connectivity index (χ0n) is 29.7. The highest BCUT2D eigenvalue weighted by molar-refractivity contribution is 7.86. The standard InChI is InChI=1S/C36H56O10S2/c1-24-10-15-31-35(7,19-8-16-32(3,4)46-31)36(24,39)21-20-33(5)17-9-18-34(6,29(33)14-11-25(2)37)30(38)23-26-22-27(47(40,41)42)12-13-28(26)48(43,44)45/h12-13,22,24,29,31,39H,8-11,14-21,23H2,1-7H3,(H,40,41,42)(H,43,44,45)/t24-,29-,31+,33+,34-,35+,36-/m1/s1. The third-order valence-electron chi connectivity index (χ3n) is 12.8. The van der Waals surface area contributed by atoms with Crippen molar-refractivity contribution in [3.05, 3.63) is 23.8 Å². The summed E-state index contributed by atoms with van der Waals surface area (Å²) in [6.45, 7) is 14.0. The van der Waals surface area contributed by atoms with Crippen LogP contribution in [0.3, 0.4) is 0 Å². The number of fused-ring (bicyclic) bond motifs is 1. The minimum Gasteiger partial charge on any atom is -0.389 e. The first kappa shape index (κ1) is 39.1. The summed E-state index contributed by atoms with van der Waals surface area (Å²) < 4.78 is 74.5. The van der Waals surface area contributed by atoms with Crippen molar-refractivity contribution in [2.75, 3.05) is 0 Å². The highest BCUT2D eigenvalue weighted by Crippen LogP contribution is 2.60. The van der Waals surface area contributed by atoms with Crippen LogP contribution in [-0.2, 0) is 41.0 Å². The van der Waals surface area contributed by atoms with Gasteiger partial charge in [-0.2, -0.15) is 16.8 Å². The maximum atomic E-state index is 14.4. The lowest BCUT2D eigenvalue weighted by Crippen LogP contribution is -2.61. The molecule has 0 radical (unpaired) electrons. The molecule has 1 aromatic carbocycles. The van der Waals surface area contributed by atoms with Crippen LogP contribution in [0.25, 0.3) is 0 Å². The van der Waals surface area contributed by atoms with Crippen molar-refractivity contribution in [2.45, 2.75) is 159 Å². The molecule has 1 heterocycles. The first-order valence-electron chi connectivity index (χ1n) is 17.4. The molecular formula is C36H56O10S2. The van der Waals surface area contributed by atoms with Crippen LogP contribution in [-0.4, -0.2) is 59.9 Å². The predicted octanol–water partition coefficient (Wildman–Crippen LogP) is 6.77. The summed E-state index contributed by atoms with van der Waals surface area (Å²) in [5.41, 5.74) is -3.43. The summed E-state index contributed by atoms with van der Waals surface area (Å²) in [6.07, 6.45) is 7.62. The third-order valence-corrected chi connectivity index (χ3v) is 14.6. The van der Waals surface area contributed by atoms with Crippen LogP contribution >= 0.6 is 0 Å². The van der Waals surface area contributed by atoms with Crippen LogP contribution in [0.1, 0.15) is 131 Å². The molecule has 0 bridgehead atoms. The Morgan fingerprint density at radius 1 is 0.896 bits per heavy atom. The SMILES string of the molecule is CC(=O)CC[C@@H]1[C@](C)(CC[C@@]2(O)[C@H](C)CC[C@@H]3OC(C)(C)CCC[C@@]32C)CCC[C@@]1(C)C(=O)Cc1cc(S(=O)(=O)O)ccc1S(=O)(=O)O. The molecule has 0 unspecified atom stereocenters. The highest BCUT2D eigenvalue weighted by atomic mass is 32.2. The van der Waals surface area contributed by atoms with Gasteiger partial charge in [0, 0.05) is 23.7 Å². The number of Topliss-reactive ketones (excluding diaryl/α,β-unsaturated/α-hetero) is 2. The normalized spacial score (nSPS) is 35.8. The molecule has 0 amide bonds. The molecule has 3 fully saturated rings. The first-order valence-corrected chi connectivity index (χ1v) is 20.3. The lowest BCUT2D eigenvalue weighted by atomic mass is 9.49. The second kappa shape index (κ2) is 13.5. The van der Waals surface area contributed by atoms with Gasteiger partial charge in [-0.05, 0) is 126 Å². The summed E-state index contributed by atoms with van der Waals surface area (Å²) >= 11 is 0. The van der Waals surface area contributed by atoms with Gasteiger partial charge in [0.15, 0.2) is 0 Å². The van der Waals surface area contributed by atoms with E-state index in [1.807, 2.05) is 6.92 Å². The minimum atomic E-state index is -4.82. The number of rotatable bonds is 11. The Bertz CT molecular complexity index is 1620. The summed E-state index contributed by atoms with van der Waals surface area (Å²) in [6, 6.07) is 2.66. The van der Waals surface area contributed by atoms with Gasteiger partial charge in [-0.1, -0.05) is 34.1 Å². The van der Waals surface area contributed by atoms with Crippen LogP contribution in [0.15, 0.2) is 28.0 Å². The Kier molecular flexibility index (Phi) is 11.0. The van der Waals surface area contributed by atoms with E-state index in [9.17, 15) is 40.6 Å². The van der Waals surface area contributed by atoms with Crippen molar-refractivity contribution in [1.82, 2.24) is 0 Å². The van der Waals surface area contributed by atoms with Gasteiger partial charge in [0.05, 0.1) is 27.1 Å². The molecule has 0 aromatic heterocycles. The molecule has 2 saturated carbocycles. The summed E-state index contributed by atoms with van der Waals surface area (Å²) in [4.78, 5) is 25.5. The zero-order valence-corrected chi connectivity index (χ0v) is 31.3. The molecule has 10 nitrogen and oxygen atoms in total. The van der Waals surface area contributed by atoms with Crippen molar-refractivity contribution < 1.29 is 45.4 Å². The molecular weight excluding hydrogens is 657 g/mol. The number of carbonyl (C=O) groups excluding carboxylic acids is 2. The number of benzene rings is 1. The molecule has 1 aliphatic heterocycles. The highest BCUT2D eigenvalue weighted by Gasteiger charge is 2.60. The van der Waals surface area contributed by atoms with Gasteiger partial charge in [0.2, 0.25) is 0 Å². The molecule has 3 N–H and O–H groups in total. The topological polar surface area (TPSA) is 172 Å². The Balaban J connectivity index is 1.70. The second-order valence-corrected chi connectivity index (χ2v) is 19.4. The molecule has 1 aromatic rings. The van der Waals surface area contributed by atoms with Gasteiger partial charge < -0.3 is 14.6 Å². The van der Waals surface area contributed by atoms with Gasteiger partial charge in [-0.3, -0.25) is 13.9 Å². The van der Waals surface area contributed by atoms with Crippen molar-refractivity contribution in [3.8, 4) is 0 Å². The van der Waals surface area contributed by atoms with Crippen molar-refractivity contribution in [3.63, 3.8) is 0 Å². The average Bonchev–Trinajstić information content (AvgIpc) is 3.07. The minimum absolute atomic E-state index is 0.0136. The molecule has 48 heavy (non-hydrogen) atoms. The zero-order chi connectivity index (χ0) is 36.1. The van der Waals surface area contributed by atoms with Crippen LogP contribution in [0.5, 0.6) is 0 Å². The average molecular weight is 713 g/mol. The molecule has 1 saturated heterocycles. The number of ether oxygens (including phenoxy) is 1. The van der Waals surface area contributed by atoms with Crippen LogP contribution in [0.4, 0.5) is 0 Å². The fourth-order valence-electron chi connectivity index (χ4n) is 9.81. The van der Waals surface area contributed by atoms with E-state index in [0.717, 1.165) is 56.7 Å². The first-order chi connectivity index (χ1) is 21.9. The monoisotopic (exact) mass is 712 g/mol. The smallest absolute Gasteiger partial charge is 0.294 e. The number of carbonyl (C=O) groups is 2.